The Morgan fingerprint density at radius 2 is 1.89 bits per heavy atom. The molecule has 3 aliphatic rings. The molecule has 1 heterocycles. The molecule has 1 aromatic heterocycles. The summed E-state index contributed by atoms with van der Waals surface area (Å²) in [6.07, 6.45) is 13.0. The zero-order chi connectivity index (χ0) is 18.4. The molecular weight excluding hydrogens is 352 g/mol. The summed E-state index contributed by atoms with van der Waals surface area (Å²) in [5.41, 5.74) is 4.98. The molecule has 0 N–H and O–H groups in total. The molecule has 3 aliphatic carbocycles. The molecule has 2 fully saturated rings. The van der Waals surface area contributed by atoms with E-state index in [2.05, 4.69) is 24.3 Å². The van der Waals surface area contributed by atoms with Gasteiger partial charge in [-0.15, -0.1) is 0 Å². The molecule has 5 rings (SSSR count). The minimum atomic E-state index is 0.163. The van der Waals surface area contributed by atoms with E-state index < -0.39 is 0 Å². The first kappa shape index (κ1) is 17.5. The number of fused-ring (bicyclic) bond motifs is 4. The molecule has 3 nitrogen and oxygen atoms in total. The number of benzene rings is 1. The van der Waals surface area contributed by atoms with Gasteiger partial charge in [-0.25, -0.2) is 4.98 Å². The third-order valence-corrected chi connectivity index (χ3v) is 7.83. The van der Waals surface area contributed by atoms with Gasteiger partial charge in [0.25, 0.3) is 5.56 Å². The summed E-state index contributed by atoms with van der Waals surface area (Å²) in [5.74, 6) is 0.643. The Balaban J connectivity index is 1.68. The Hall–Kier alpha value is -1.55. The van der Waals surface area contributed by atoms with Crippen LogP contribution in [0.1, 0.15) is 62.5 Å². The summed E-state index contributed by atoms with van der Waals surface area (Å²) in [5, 5.41) is 0.892. The van der Waals surface area contributed by atoms with Crippen LogP contribution in [0.25, 0.3) is 11.3 Å². The van der Waals surface area contributed by atoms with Crippen molar-refractivity contribution < 1.29 is 0 Å². The number of hydrogen-bond donors (Lipinski definition) is 0. The predicted octanol–water partition coefficient (Wildman–Crippen LogP) is 5.19. The number of aromatic nitrogens is 2. The lowest BCUT2D eigenvalue weighted by atomic mass is 9.68. The van der Waals surface area contributed by atoms with E-state index in [9.17, 15) is 4.79 Å². The maximum Gasteiger partial charge on any atom is 0.258 e. The van der Waals surface area contributed by atoms with Crippen molar-refractivity contribution >= 4 is 11.8 Å². The maximum atomic E-state index is 13.6. The SMILES string of the molecule is CSc1nc2c(c(=O)n1CC1CCCC1)CC1(CCCC1)c1ccccc1-2. The van der Waals surface area contributed by atoms with Gasteiger partial charge in [0.2, 0.25) is 0 Å². The molecule has 0 atom stereocenters. The van der Waals surface area contributed by atoms with Gasteiger partial charge in [0, 0.05) is 23.1 Å². The van der Waals surface area contributed by atoms with Crippen molar-refractivity contribution in [2.75, 3.05) is 6.26 Å². The molecular formula is C23H28N2OS. The molecule has 27 heavy (non-hydrogen) atoms. The summed E-state index contributed by atoms with van der Waals surface area (Å²) in [7, 11) is 0. The monoisotopic (exact) mass is 380 g/mol. The summed E-state index contributed by atoms with van der Waals surface area (Å²) in [6, 6.07) is 8.72. The Morgan fingerprint density at radius 1 is 1.15 bits per heavy atom. The first-order valence-corrected chi connectivity index (χ1v) is 11.7. The van der Waals surface area contributed by atoms with Crippen molar-refractivity contribution in [1.82, 2.24) is 9.55 Å². The van der Waals surface area contributed by atoms with Crippen LogP contribution in [0, 0.1) is 5.92 Å². The molecule has 1 spiro atoms. The van der Waals surface area contributed by atoms with Crippen LogP contribution in [0.3, 0.4) is 0 Å². The fraction of sp³-hybridized carbons (Fsp3) is 0.565. The first-order valence-electron chi connectivity index (χ1n) is 10.5. The first-order chi connectivity index (χ1) is 13.2. The smallest absolute Gasteiger partial charge is 0.258 e. The van der Waals surface area contributed by atoms with Crippen molar-refractivity contribution in [3.63, 3.8) is 0 Å². The summed E-state index contributed by atoms with van der Waals surface area (Å²) in [4.78, 5) is 18.7. The van der Waals surface area contributed by atoms with Crippen molar-refractivity contribution in [3.8, 4) is 11.3 Å². The Bertz CT molecular complexity index is 920. The molecule has 142 valence electrons. The molecule has 0 saturated heterocycles. The van der Waals surface area contributed by atoms with Crippen LogP contribution >= 0.6 is 11.8 Å². The highest BCUT2D eigenvalue weighted by Crippen LogP contribution is 2.50. The number of hydrogen-bond acceptors (Lipinski definition) is 3. The number of rotatable bonds is 3. The van der Waals surface area contributed by atoms with Gasteiger partial charge in [0.1, 0.15) is 0 Å². The third kappa shape index (κ3) is 2.79. The van der Waals surface area contributed by atoms with Gasteiger partial charge in [-0.3, -0.25) is 9.36 Å². The molecule has 0 amide bonds. The zero-order valence-corrected chi connectivity index (χ0v) is 17.0. The second-order valence-corrected chi connectivity index (χ2v) is 9.48. The van der Waals surface area contributed by atoms with Crippen LogP contribution in [0.5, 0.6) is 0 Å². The van der Waals surface area contributed by atoms with Crippen molar-refractivity contribution in [2.24, 2.45) is 5.92 Å². The summed E-state index contributed by atoms with van der Waals surface area (Å²) >= 11 is 1.62. The van der Waals surface area contributed by atoms with Crippen LogP contribution in [-0.2, 0) is 18.4 Å². The maximum absolute atomic E-state index is 13.6. The number of nitrogens with zero attached hydrogens (tertiary/aromatic N) is 2. The molecule has 2 aromatic rings. The predicted molar refractivity (Wildman–Crippen MR) is 112 cm³/mol. The van der Waals surface area contributed by atoms with E-state index >= 15 is 0 Å². The van der Waals surface area contributed by atoms with Gasteiger partial charge in [-0.2, -0.15) is 0 Å². The van der Waals surface area contributed by atoms with E-state index in [0.29, 0.717) is 5.92 Å². The second kappa shape index (κ2) is 6.80. The Morgan fingerprint density at radius 3 is 2.63 bits per heavy atom. The van der Waals surface area contributed by atoms with E-state index in [4.69, 9.17) is 4.98 Å². The lowest BCUT2D eigenvalue weighted by Gasteiger charge is -2.36. The minimum Gasteiger partial charge on any atom is -0.287 e. The average Bonchev–Trinajstić information content (AvgIpc) is 3.38. The van der Waals surface area contributed by atoms with Gasteiger partial charge in [-0.1, -0.05) is 61.7 Å². The van der Waals surface area contributed by atoms with Gasteiger partial charge < -0.3 is 0 Å². The normalized spacial score (nSPS) is 20.8. The molecule has 0 aliphatic heterocycles. The van der Waals surface area contributed by atoms with Crippen LogP contribution in [0.2, 0.25) is 0 Å². The highest BCUT2D eigenvalue weighted by Gasteiger charge is 2.42. The van der Waals surface area contributed by atoms with Crippen molar-refractivity contribution in [2.45, 2.75) is 74.9 Å². The molecule has 0 unspecified atom stereocenters. The lowest BCUT2D eigenvalue weighted by molar-refractivity contribution is 0.402. The van der Waals surface area contributed by atoms with Crippen LogP contribution in [0.4, 0.5) is 0 Å². The molecule has 1 aromatic carbocycles. The molecule has 0 bridgehead atoms. The van der Waals surface area contributed by atoms with Gasteiger partial charge in [0.05, 0.1) is 5.69 Å². The third-order valence-electron chi connectivity index (χ3n) is 7.15. The van der Waals surface area contributed by atoms with Gasteiger partial charge in [0.15, 0.2) is 5.16 Å². The fourth-order valence-electron chi connectivity index (χ4n) is 5.81. The zero-order valence-electron chi connectivity index (χ0n) is 16.2. The number of thioether (sulfide) groups is 1. The summed E-state index contributed by atoms with van der Waals surface area (Å²) < 4.78 is 2.01. The van der Waals surface area contributed by atoms with Crippen LogP contribution in [0.15, 0.2) is 34.2 Å². The van der Waals surface area contributed by atoms with Gasteiger partial charge in [-0.05, 0) is 49.8 Å². The Kier molecular flexibility index (Phi) is 4.42. The second-order valence-electron chi connectivity index (χ2n) is 8.70. The average molecular weight is 381 g/mol. The van der Waals surface area contributed by atoms with Crippen LogP contribution in [-0.4, -0.2) is 15.8 Å². The lowest BCUT2D eigenvalue weighted by Crippen LogP contribution is -2.37. The summed E-state index contributed by atoms with van der Waals surface area (Å²) in [6.45, 7) is 0.851. The molecule has 4 heteroatoms. The minimum absolute atomic E-state index is 0.163. The van der Waals surface area contributed by atoms with E-state index in [1.54, 1.807) is 11.8 Å². The van der Waals surface area contributed by atoms with Crippen molar-refractivity contribution in [1.29, 1.82) is 0 Å². The fourth-order valence-corrected chi connectivity index (χ4v) is 6.37. The standard InChI is InChI=1S/C23H28N2OS/c1-27-22-24-20-17-10-4-5-11-19(17)23(12-6-7-13-23)14-18(20)21(26)25(22)15-16-8-2-3-9-16/h4-5,10-11,16H,2-3,6-9,12-15H2,1H3. The quantitative estimate of drug-likeness (QED) is 0.543. The largest absolute Gasteiger partial charge is 0.287 e. The van der Waals surface area contributed by atoms with E-state index in [1.165, 1.54) is 62.5 Å². The van der Waals surface area contributed by atoms with Gasteiger partial charge >= 0.3 is 0 Å². The molecule has 2 saturated carbocycles. The van der Waals surface area contributed by atoms with E-state index in [1.807, 2.05) is 10.8 Å². The van der Waals surface area contributed by atoms with E-state index in [-0.39, 0.29) is 11.0 Å². The Labute approximate surface area is 165 Å². The van der Waals surface area contributed by atoms with Crippen molar-refractivity contribution in [3.05, 3.63) is 45.7 Å². The molecule has 0 radical (unpaired) electrons. The highest BCUT2D eigenvalue weighted by atomic mass is 32.2. The van der Waals surface area contributed by atoms with E-state index in [0.717, 1.165) is 29.4 Å². The van der Waals surface area contributed by atoms with Crippen LogP contribution < -0.4 is 5.56 Å². The topological polar surface area (TPSA) is 34.9 Å². The highest BCUT2D eigenvalue weighted by molar-refractivity contribution is 7.98.